The molecule has 4 nitrogen and oxygen atoms in total. The molecule has 4 heteroatoms. The Hall–Kier alpha value is -0.450. The number of ether oxygens (including phenoxy) is 1. The van der Waals surface area contributed by atoms with Gasteiger partial charge in [0, 0.05) is 13.0 Å². The Morgan fingerprint density at radius 2 is 0.811 bits per heavy atom. The summed E-state index contributed by atoms with van der Waals surface area (Å²) >= 11 is 0. The van der Waals surface area contributed by atoms with Crippen LogP contribution in [0.5, 0.6) is 0 Å². The highest BCUT2D eigenvalue weighted by atomic mass is 16.5. The van der Waals surface area contributed by atoms with E-state index in [0.29, 0.717) is 5.78 Å². The van der Waals surface area contributed by atoms with Crippen molar-refractivity contribution in [2.45, 2.75) is 264 Å². The summed E-state index contributed by atoms with van der Waals surface area (Å²) in [6.07, 6.45) is 49.8. The van der Waals surface area contributed by atoms with Crippen molar-refractivity contribution in [3.05, 3.63) is 0 Å². The molecule has 1 aliphatic rings. The molecule has 1 atom stereocenters. The van der Waals surface area contributed by atoms with Crippen molar-refractivity contribution < 1.29 is 14.0 Å². The van der Waals surface area contributed by atoms with Gasteiger partial charge in [0.1, 0.15) is 6.54 Å². The standard InChI is InChI=1S/C49H99N2O2/c1-4-7-10-13-16-19-20-21-22-23-24-27-33-38-45-53-46-39-44-51(42-36-31-25-17-14-11-8-5-2,43-37-32-26-18-15-12-9-6-3)47-49(52)48-40-34-29-28-30-35-41-50-48/h48,50H,4-47H2,1-3H3/q+1. The van der Waals surface area contributed by atoms with Crippen LogP contribution in [0.1, 0.15) is 258 Å². The van der Waals surface area contributed by atoms with Crippen LogP contribution in [-0.4, -0.2) is 62.2 Å². The summed E-state index contributed by atoms with van der Waals surface area (Å²) in [6.45, 7) is 13.9. The third-order valence-electron chi connectivity index (χ3n) is 12.5. The average Bonchev–Trinajstić information content (AvgIpc) is 3.31. The van der Waals surface area contributed by atoms with Crippen molar-refractivity contribution in [3.63, 3.8) is 0 Å². The van der Waals surface area contributed by atoms with E-state index in [2.05, 4.69) is 26.1 Å². The summed E-state index contributed by atoms with van der Waals surface area (Å²) < 4.78 is 7.29. The molecule has 1 aliphatic heterocycles. The van der Waals surface area contributed by atoms with Crippen LogP contribution in [0.15, 0.2) is 0 Å². The van der Waals surface area contributed by atoms with E-state index in [4.69, 9.17) is 4.74 Å². The molecule has 53 heavy (non-hydrogen) atoms. The van der Waals surface area contributed by atoms with Gasteiger partial charge in [-0.1, -0.05) is 207 Å². The van der Waals surface area contributed by atoms with E-state index in [9.17, 15) is 4.79 Å². The Bertz CT molecular complexity index is 712. The Labute approximate surface area is 334 Å². The summed E-state index contributed by atoms with van der Waals surface area (Å²) in [5.74, 6) is 0.509. The third kappa shape index (κ3) is 32.3. The molecule has 0 aromatic rings. The third-order valence-corrected chi connectivity index (χ3v) is 12.5. The summed E-state index contributed by atoms with van der Waals surface area (Å²) in [7, 11) is 0. The predicted octanol–water partition coefficient (Wildman–Crippen LogP) is 14.9. The zero-order valence-electron chi connectivity index (χ0n) is 37.0. The SMILES string of the molecule is CCCCCCCCCCCCCCCCOCCC[N+](CCCCCCCCCC)(CCCCCCCCCC)CC(=O)C1CCCCCCCN1. The van der Waals surface area contributed by atoms with Crippen molar-refractivity contribution in [3.8, 4) is 0 Å². The van der Waals surface area contributed by atoms with Gasteiger partial charge in [0.2, 0.25) is 5.78 Å². The maximum absolute atomic E-state index is 14.1. The van der Waals surface area contributed by atoms with Crippen molar-refractivity contribution in [2.75, 3.05) is 45.9 Å². The zero-order chi connectivity index (χ0) is 38.2. The van der Waals surface area contributed by atoms with Crippen LogP contribution >= 0.6 is 0 Å². The van der Waals surface area contributed by atoms with Crippen LogP contribution in [-0.2, 0) is 9.53 Å². The minimum Gasteiger partial charge on any atom is -0.381 e. The Morgan fingerprint density at radius 3 is 1.28 bits per heavy atom. The fourth-order valence-electron chi connectivity index (χ4n) is 8.84. The number of carbonyl (C=O) groups is 1. The Kier molecular flexibility index (Phi) is 37.9. The zero-order valence-corrected chi connectivity index (χ0v) is 37.0. The van der Waals surface area contributed by atoms with E-state index >= 15 is 0 Å². The minimum absolute atomic E-state index is 0.0688. The molecule has 1 unspecified atom stereocenters. The van der Waals surface area contributed by atoms with Crippen molar-refractivity contribution in [1.29, 1.82) is 0 Å². The van der Waals surface area contributed by atoms with E-state index in [0.717, 1.165) is 50.2 Å². The van der Waals surface area contributed by atoms with Gasteiger partial charge in [-0.3, -0.25) is 4.79 Å². The van der Waals surface area contributed by atoms with E-state index in [1.165, 1.54) is 238 Å². The number of ketones is 1. The molecule has 1 rings (SSSR count). The highest BCUT2D eigenvalue weighted by Crippen LogP contribution is 2.20. The van der Waals surface area contributed by atoms with Gasteiger partial charge in [0.05, 0.1) is 32.3 Å². The second kappa shape index (κ2) is 39.8. The molecular weight excluding hydrogens is 649 g/mol. The van der Waals surface area contributed by atoms with Gasteiger partial charge in [-0.25, -0.2) is 0 Å². The number of nitrogens with zero attached hydrogens (tertiary/aromatic N) is 1. The number of hydrogen-bond acceptors (Lipinski definition) is 3. The van der Waals surface area contributed by atoms with Crippen molar-refractivity contribution in [1.82, 2.24) is 5.32 Å². The molecule has 0 aliphatic carbocycles. The van der Waals surface area contributed by atoms with Gasteiger partial charge in [-0.05, 0) is 51.5 Å². The number of hydrogen-bond donors (Lipinski definition) is 1. The lowest BCUT2D eigenvalue weighted by atomic mass is 10.0. The molecule has 316 valence electrons. The van der Waals surface area contributed by atoms with Crippen LogP contribution in [0.4, 0.5) is 0 Å². The summed E-state index contributed by atoms with van der Waals surface area (Å²) in [5, 5.41) is 3.73. The minimum atomic E-state index is 0.0688. The smallest absolute Gasteiger partial charge is 0.203 e. The van der Waals surface area contributed by atoms with Crippen molar-refractivity contribution in [2.24, 2.45) is 0 Å². The number of Topliss-reactive ketones (excluding diaryl/α,β-unsaturated/α-hetero) is 1. The quantitative estimate of drug-likeness (QED) is 0.0501. The van der Waals surface area contributed by atoms with Gasteiger partial charge < -0.3 is 14.5 Å². The molecule has 0 radical (unpaired) electrons. The predicted molar refractivity (Wildman–Crippen MR) is 235 cm³/mol. The number of nitrogens with one attached hydrogen (secondary N) is 1. The molecule has 0 saturated carbocycles. The maximum atomic E-state index is 14.1. The van der Waals surface area contributed by atoms with Crippen LogP contribution < -0.4 is 5.32 Å². The van der Waals surface area contributed by atoms with Crippen LogP contribution in [0.3, 0.4) is 0 Å². The molecule has 0 aromatic heterocycles. The van der Waals surface area contributed by atoms with Gasteiger partial charge in [-0.15, -0.1) is 0 Å². The number of carbonyl (C=O) groups excluding carboxylic acids is 1. The topological polar surface area (TPSA) is 38.3 Å². The number of rotatable bonds is 40. The van der Waals surface area contributed by atoms with E-state index in [-0.39, 0.29) is 6.04 Å². The molecule has 1 fully saturated rings. The second-order valence-corrected chi connectivity index (χ2v) is 17.7. The molecule has 0 aromatic carbocycles. The average molecular weight is 748 g/mol. The van der Waals surface area contributed by atoms with Crippen LogP contribution in [0.25, 0.3) is 0 Å². The highest BCUT2D eigenvalue weighted by molar-refractivity contribution is 5.85. The monoisotopic (exact) mass is 748 g/mol. The molecule has 1 N–H and O–H groups in total. The van der Waals surface area contributed by atoms with Gasteiger partial charge >= 0.3 is 0 Å². The van der Waals surface area contributed by atoms with Gasteiger partial charge in [0.15, 0.2) is 0 Å². The first-order chi connectivity index (χ1) is 26.2. The van der Waals surface area contributed by atoms with E-state index < -0.39 is 0 Å². The largest absolute Gasteiger partial charge is 0.381 e. The Balaban J connectivity index is 2.58. The van der Waals surface area contributed by atoms with Gasteiger partial charge in [-0.2, -0.15) is 0 Å². The number of quaternary nitrogens is 1. The van der Waals surface area contributed by atoms with Crippen LogP contribution in [0.2, 0.25) is 0 Å². The second-order valence-electron chi connectivity index (χ2n) is 17.7. The lowest BCUT2D eigenvalue weighted by Crippen LogP contribution is -2.56. The lowest BCUT2D eigenvalue weighted by molar-refractivity contribution is -0.921. The van der Waals surface area contributed by atoms with Crippen LogP contribution in [0, 0.1) is 0 Å². The molecular formula is C49H99N2O2+. The summed E-state index contributed by atoms with van der Waals surface area (Å²) in [4.78, 5) is 14.1. The summed E-state index contributed by atoms with van der Waals surface area (Å²) in [5.41, 5.74) is 0. The molecule has 0 spiro atoms. The molecule has 1 saturated heterocycles. The first-order valence-corrected chi connectivity index (χ1v) is 24.9. The fraction of sp³-hybridized carbons (Fsp3) is 0.980. The lowest BCUT2D eigenvalue weighted by Gasteiger charge is -2.39. The summed E-state index contributed by atoms with van der Waals surface area (Å²) in [6, 6.07) is 0.0688. The molecule has 0 amide bonds. The van der Waals surface area contributed by atoms with Gasteiger partial charge in [0.25, 0.3) is 0 Å². The fourth-order valence-corrected chi connectivity index (χ4v) is 8.84. The van der Waals surface area contributed by atoms with E-state index in [1.807, 2.05) is 0 Å². The number of unbranched alkanes of at least 4 members (excludes halogenated alkanes) is 27. The first kappa shape index (κ1) is 50.6. The van der Waals surface area contributed by atoms with Crippen molar-refractivity contribution >= 4 is 5.78 Å². The highest BCUT2D eigenvalue weighted by Gasteiger charge is 2.32. The maximum Gasteiger partial charge on any atom is 0.203 e. The first-order valence-electron chi connectivity index (χ1n) is 24.9. The van der Waals surface area contributed by atoms with E-state index in [1.54, 1.807) is 0 Å². The Morgan fingerprint density at radius 1 is 0.453 bits per heavy atom. The molecule has 0 bridgehead atoms. The normalized spacial score (nSPS) is 15.7. The molecule has 1 heterocycles.